The molecule has 1 heterocycles. The molecule has 0 amide bonds. The third-order valence-electron chi connectivity index (χ3n) is 2.65. The molecule has 8 heteroatoms. The lowest BCUT2D eigenvalue weighted by atomic mass is 10.3. The zero-order valence-corrected chi connectivity index (χ0v) is 11.4. The number of nitrogens with one attached hydrogen (secondary N) is 1. The minimum absolute atomic E-state index is 0.0000907. The van der Waals surface area contributed by atoms with Crippen LogP contribution < -0.4 is 19.3 Å². The maximum Gasteiger partial charge on any atom is 0.240 e. The van der Waals surface area contributed by atoms with Crippen LogP contribution in [0.4, 0.5) is 0 Å². The summed E-state index contributed by atoms with van der Waals surface area (Å²) in [6.07, 6.45) is 0.338. The summed E-state index contributed by atoms with van der Waals surface area (Å²) in [5.74, 6) is -0.451. The molecule has 1 aliphatic heterocycles. The van der Waals surface area contributed by atoms with Crippen molar-refractivity contribution in [2.45, 2.75) is 17.7 Å². The molecule has 20 heavy (non-hydrogen) atoms. The maximum absolute atomic E-state index is 12.0. The summed E-state index contributed by atoms with van der Waals surface area (Å²) in [5, 5.41) is 10.3. The molecule has 0 aliphatic carbocycles. The number of carboxylic acid groups (broad SMARTS) is 1. The Bertz CT molecular complexity index is 598. The molecule has 0 spiro atoms. The van der Waals surface area contributed by atoms with Gasteiger partial charge in [0.15, 0.2) is 11.5 Å². The summed E-state index contributed by atoms with van der Waals surface area (Å²) in [6.45, 7) is 0.747. The van der Waals surface area contributed by atoms with E-state index in [4.69, 9.17) is 9.47 Å². The Morgan fingerprint density at radius 1 is 1.25 bits per heavy atom. The Balaban J connectivity index is 2.15. The fourth-order valence-electron chi connectivity index (χ4n) is 1.68. The molecule has 1 N–H and O–H groups in total. The number of ether oxygens (including phenoxy) is 2. The van der Waals surface area contributed by atoms with Gasteiger partial charge in [0.25, 0.3) is 0 Å². The molecule has 0 radical (unpaired) electrons. The van der Waals surface area contributed by atoms with Crippen LogP contribution in [-0.4, -0.2) is 34.1 Å². The van der Waals surface area contributed by atoms with Gasteiger partial charge in [-0.3, -0.25) is 0 Å². The number of carboxylic acids is 1. The molecule has 0 aromatic heterocycles. The number of carbonyl (C=O) groups is 1. The molecular weight excluding hydrogens is 286 g/mol. The van der Waals surface area contributed by atoms with Crippen molar-refractivity contribution in [3.63, 3.8) is 0 Å². The number of hydrogen-bond acceptors (Lipinski definition) is 6. The van der Waals surface area contributed by atoms with Gasteiger partial charge in [-0.15, -0.1) is 0 Å². The lowest BCUT2D eigenvalue weighted by Gasteiger charge is -2.11. The topological polar surface area (TPSA) is 105 Å². The molecule has 0 saturated carbocycles. The lowest BCUT2D eigenvalue weighted by molar-refractivity contribution is -0.305. The zero-order valence-electron chi connectivity index (χ0n) is 10.6. The van der Waals surface area contributed by atoms with Crippen molar-refractivity contribution in [2.75, 3.05) is 19.8 Å². The van der Waals surface area contributed by atoms with E-state index in [9.17, 15) is 18.3 Å². The Morgan fingerprint density at radius 2 is 1.95 bits per heavy atom. The Labute approximate surface area is 116 Å². The number of fused-ring (bicyclic) bond motifs is 1. The van der Waals surface area contributed by atoms with Gasteiger partial charge < -0.3 is 19.4 Å². The van der Waals surface area contributed by atoms with Crippen LogP contribution in [0.3, 0.4) is 0 Å². The van der Waals surface area contributed by atoms with Crippen molar-refractivity contribution >= 4 is 16.0 Å². The standard InChI is InChI=1S/C12H15NO6S/c14-12(15)4-5-13-20(16,17)9-2-3-10-11(8-9)19-7-1-6-18-10/h2-3,8,13H,1,4-7H2,(H,14,15)/p-1. The molecule has 2 rings (SSSR count). The second-order valence-corrected chi connectivity index (χ2v) is 5.95. The predicted molar refractivity (Wildman–Crippen MR) is 66.9 cm³/mol. The molecule has 1 aromatic carbocycles. The minimum atomic E-state index is -3.78. The van der Waals surface area contributed by atoms with Crippen LogP contribution in [0.1, 0.15) is 12.8 Å². The lowest BCUT2D eigenvalue weighted by Crippen LogP contribution is -2.31. The van der Waals surface area contributed by atoms with Gasteiger partial charge in [0.05, 0.1) is 18.1 Å². The van der Waals surface area contributed by atoms with E-state index in [1.807, 2.05) is 0 Å². The monoisotopic (exact) mass is 300 g/mol. The van der Waals surface area contributed by atoms with Crippen LogP contribution in [0.5, 0.6) is 11.5 Å². The molecule has 7 nitrogen and oxygen atoms in total. The summed E-state index contributed by atoms with van der Waals surface area (Å²) in [5.41, 5.74) is 0. The first kappa shape index (κ1) is 14.6. The summed E-state index contributed by atoms with van der Waals surface area (Å²) in [4.78, 5) is 10.3. The fraction of sp³-hybridized carbons (Fsp3) is 0.417. The molecule has 0 fully saturated rings. The van der Waals surface area contributed by atoms with Gasteiger partial charge in [0.1, 0.15) is 0 Å². The average Bonchev–Trinajstić information content (AvgIpc) is 2.62. The van der Waals surface area contributed by atoms with Crippen molar-refractivity contribution in [3.8, 4) is 11.5 Å². The number of carbonyl (C=O) groups excluding carboxylic acids is 1. The van der Waals surface area contributed by atoms with Gasteiger partial charge in [0.2, 0.25) is 10.0 Å². The molecule has 0 bridgehead atoms. The van der Waals surface area contributed by atoms with Gasteiger partial charge in [-0.25, -0.2) is 13.1 Å². The number of aliphatic carboxylic acids is 1. The highest BCUT2D eigenvalue weighted by molar-refractivity contribution is 7.89. The summed E-state index contributed by atoms with van der Waals surface area (Å²) >= 11 is 0. The molecular formula is C12H14NO6S-. The number of rotatable bonds is 5. The first-order chi connectivity index (χ1) is 9.49. The average molecular weight is 300 g/mol. The highest BCUT2D eigenvalue weighted by atomic mass is 32.2. The molecule has 110 valence electrons. The van der Waals surface area contributed by atoms with E-state index < -0.39 is 16.0 Å². The molecule has 0 saturated heterocycles. The second-order valence-electron chi connectivity index (χ2n) is 4.18. The highest BCUT2D eigenvalue weighted by Crippen LogP contribution is 2.31. The van der Waals surface area contributed by atoms with E-state index in [-0.39, 0.29) is 17.9 Å². The molecule has 0 atom stereocenters. The van der Waals surface area contributed by atoms with Crippen LogP contribution in [-0.2, 0) is 14.8 Å². The fourth-order valence-corrected chi connectivity index (χ4v) is 2.73. The van der Waals surface area contributed by atoms with Gasteiger partial charge in [-0.2, -0.15) is 0 Å². The van der Waals surface area contributed by atoms with Gasteiger partial charge in [-0.05, 0) is 12.1 Å². The summed E-state index contributed by atoms with van der Waals surface area (Å²) < 4.78 is 36.9. The van der Waals surface area contributed by atoms with E-state index >= 15 is 0 Å². The summed E-state index contributed by atoms with van der Waals surface area (Å²) in [7, 11) is -3.78. The zero-order chi connectivity index (χ0) is 14.6. The van der Waals surface area contributed by atoms with E-state index in [2.05, 4.69) is 4.72 Å². The van der Waals surface area contributed by atoms with Gasteiger partial charge in [0, 0.05) is 31.4 Å². The van der Waals surface area contributed by atoms with Crippen LogP contribution in [0, 0.1) is 0 Å². The first-order valence-electron chi connectivity index (χ1n) is 6.08. The van der Waals surface area contributed by atoms with E-state index in [1.54, 1.807) is 0 Å². The van der Waals surface area contributed by atoms with Crippen LogP contribution in [0.2, 0.25) is 0 Å². The molecule has 0 unspecified atom stereocenters. The maximum atomic E-state index is 12.0. The van der Waals surface area contributed by atoms with Crippen LogP contribution in [0.15, 0.2) is 23.1 Å². The van der Waals surface area contributed by atoms with Crippen LogP contribution >= 0.6 is 0 Å². The quantitative estimate of drug-likeness (QED) is 0.768. The molecule has 1 aromatic rings. The smallest absolute Gasteiger partial charge is 0.240 e. The highest BCUT2D eigenvalue weighted by Gasteiger charge is 2.18. The Hall–Kier alpha value is -1.80. The first-order valence-corrected chi connectivity index (χ1v) is 7.56. The van der Waals surface area contributed by atoms with Gasteiger partial charge >= 0.3 is 0 Å². The van der Waals surface area contributed by atoms with Gasteiger partial charge in [-0.1, -0.05) is 0 Å². The Kier molecular flexibility index (Phi) is 4.46. The number of benzene rings is 1. The normalized spacial score (nSPS) is 14.6. The van der Waals surface area contributed by atoms with Crippen LogP contribution in [0.25, 0.3) is 0 Å². The van der Waals surface area contributed by atoms with E-state index in [0.29, 0.717) is 24.7 Å². The SMILES string of the molecule is O=C([O-])CCNS(=O)(=O)c1ccc2c(c1)OCCCO2. The van der Waals surface area contributed by atoms with E-state index in [0.717, 1.165) is 6.42 Å². The largest absolute Gasteiger partial charge is 0.550 e. The third kappa shape index (κ3) is 3.61. The van der Waals surface area contributed by atoms with Crippen molar-refractivity contribution in [2.24, 2.45) is 0 Å². The number of hydrogen-bond donors (Lipinski definition) is 1. The number of sulfonamides is 1. The minimum Gasteiger partial charge on any atom is -0.550 e. The van der Waals surface area contributed by atoms with Crippen molar-refractivity contribution in [1.29, 1.82) is 0 Å². The molecule has 1 aliphatic rings. The second kappa shape index (κ2) is 6.10. The third-order valence-corrected chi connectivity index (χ3v) is 4.11. The van der Waals surface area contributed by atoms with Crippen molar-refractivity contribution in [1.82, 2.24) is 4.72 Å². The predicted octanol–water partition coefficient (Wildman–Crippen LogP) is -0.734. The van der Waals surface area contributed by atoms with Crippen molar-refractivity contribution < 1.29 is 27.8 Å². The van der Waals surface area contributed by atoms with E-state index in [1.165, 1.54) is 18.2 Å². The summed E-state index contributed by atoms with van der Waals surface area (Å²) in [6, 6.07) is 4.27. The Morgan fingerprint density at radius 3 is 2.65 bits per heavy atom. The van der Waals surface area contributed by atoms with Crippen molar-refractivity contribution in [3.05, 3.63) is 18.2 Å².